The fraction of sp³-hybridized carbons (Fsp3) is 0.286. The summed E-state index contributed by atoms with van der Waals surface area (Å²) < 4.78 is 40.3. The van der Waals surface area contributed by atoms with Gasteiger partial charge in [-0.1, -0.05) is 23.8 Å². The largest absolute Gasteiger partial charge is 0.573 e. The molecule has 0 saturated carbocycles. The molecular weight excluding hydrogens is 382 g/mol. The number of hydrogen-bond acceptors (Lipinski definition) is 2. The summed E-state index contributed by atoms with van der Waals surface area (Å²) in [6.45, 7) is 1.34. The van der Waals surface area contributed by atoms with Crippen LogP contribution in [0.1, 0.15) is 6.42 Å². The number of benzene rings is 1. The minimum atomic E-state index is -4.82. The minimum Gasteiger partial charge on any atom is -0.404 e. The van der Waals surface area contributed by atoms with Crippen LogP contribution >= 0.6 is 24.0 Å². The van der Waals surface area contributed by atoms with E-state index in [2.05, 4.69) is 14.7 Å². The van der Waals surface area contributed by atoms with E-state index >= 15 is 0 Å². The highest BCUT2D eigenvalue weighted by Gasteiger charge is 2.32. The second-order valence-electron chi connectivity index (χ2n) is 4.81. The SMILES string of the molecule is Cl.NC(=Nc1ccc(OC(F)(F)F)c(Cl)c1)N=C(N)N1CC=CCC1. The van der Waals surface area contributed by atoms with Crippen LogP contribution in [-0.2, 0) is 0 Å². The molecule has 6 nitrogen and oxygen atoms in total. The number of nitrogens with two attached hydrogens (primary N) is 2. The number of ether oxygens (including phenoxy) is 1. The van der Waals surface area contributed by atoms with Crippen molar-refractivity contribution in [2.75, 3.05) is 13.1 Å². The van der Waals surface area contributed by atoms with Gasteiger partial charge in [0, 0.05) is 13.1 Å². The maximum atomic E-state index is 12.2. The smallest absolute Gasteiger partial charge is 0.404 e. The molecule has 0 saturated heterocycles. The van der Waals surface area contributed by atoms with Gasteiger partial charge in [0.15, 0.2) is 5.96 Å². The van der Waals surface area contributed by atoms with E-state index in [-0.39, 0.29) is 35.0 Å². The summed E-state index contributed by atoms with van der Waals surface area (Å²) in [7, 11) is 0. The van der Waals surface area contributed by atoms with Gasteiger partial charge in [-0.2, -0.15) is 4.99 Å². The molecule has 25 heavy (non-hydrogen) atoms. The van der Waals surface area contributed by atoms with Crippen LogP contribution in [0.15, 0.2) is 40.3 Å². The normalized spacial score (nSPS) is 15.8. The zero-order valence-corrected chi connectivity index (χ0v) is 14.4. The van der Waals surface area contributed by atoms with E-state index in [1.165, 1.54) is 12.1 Å². The van der Waals surface area contributed by atoms with Crippen molar-refractivity contribution in [3.05, 3.63) is 35.4 Å². The van der Waals surface area contributed by atoms with Crippen molar-refractivity contribution in [1.82, 2.24) is 4.90 Å². The fourth-order valence-corrected chi connectivity index (χ4v) is 2.17. The third kappa shape index (κ3) is 6.71. The molecule has 0 bridgehead atoms. The summed E-state index contributed by atoms with van der Waals surface area (Å²) in [5, 5.41) is -0.250. The van der Waals surface area contributed by atoms with Gasteiger partial charge in [0.25, 0.3) is 0 Å². The highest BCUT2D eigenvalue weighted by Crippen LogP contribution is 2.32. The average Bonchev–Trinajstić information content (AvgIpc) is 2.49. The highest BCUT2D eigenvalue weighted by molar-refractivity contribution is 6.32. The first-order chi connectivity index (χ1) is 11.2. The van der Waals surface area contributed by atoms with Gasteiger partial charge in [0.05, 0.1) is 10.7 Å². The van der Waals surface area contributed by atoms with E-state index in [0.29, 0.717) is 13.1 Å². The van der Waals surface area contributed by atoms with Gasteiger partial charge in [-0.25, -0.2) is 4.99 Å². The Morgan fingerprint density at radius 1 is 1.24 bits per heavy atom. The van der Waals surface area contributed by atoms with Crippen LogP contribution in [0.2, 0.25) is 5.02 Å². The van der Waals surface area contributed by atoms with E-state index in [9.17, 15) is 13.2 Å². The number of hydrogen-bond donors (Lipinski definition) is 2. The number of alkyl halides is 3. The minimum absolute atomic E-state index is 0. The lowest BCUT2D eigenvalue weighted by atomic mass is 10.3. The van der Waals surface area contributed by atoms with Crippen molar-refractivity contribution < 1.29 is 17.9 Å². The molecule has 0 spiro atoms. The summed E-state index contributed by atoms with van der Waals surface area (Å²) in [5.41, 5.74) is 11.7. The van der Waals surface area contributed by atoms with E-state index in [1.54, 1.807) is 0 Å². The first-order valence-corrected chi connectivity index (χ1v) is 7.26. The Kier molecular flexibility index (Phi) is 7.38. The Balaban J connectivity index is 0.00000312. The standard InChI is InChI=1S/C14H15ClF3N5O.ClH/c15-10-8-9(4-5-11(10)24-14(16,17)18)21-12(19)22-13(20)23-6-2-1-3-7-23;/h1-2,4-5,8H,3,6-7H2,(H4,19,20,21,22);1H. The Hall–Kier alpha value is -2.13. The maximum absolute atomic E-state index is 12.2. The first kappa shape index (κ1) is 20.9. The zero-order chi connectivity index (χ0) is 17.7. The second-order valence-corrected chi connectivity index (χ2v) is 5.22. The Labute approximate surface area is 153 Å². The topological polar surface area (TPSA) is 89.2 Å². The lowest BCUT2D eigenvalue weighted by Crippen LogP contribution is -2.40. The summed E-state index contributed by atoms with van der Waals surface area (Å²) in [6.07, 6.45) is 0.0186. The van der Waals surface area contributed by atoms with Gasteiger partial charge in [0.2, 0.25) is 5.96 Å². The van der Waals surface area contributed by atoms with E-state index < -0.39 is 12.1 Å². The molecule has 11 heteroatoms. The quantitative estimate of drug-likeness (QED) is 0.455. The van der Waals surface area contributed by atoms with Crippen molar-refractivity contribution in [1.29, 1.82) is 0 Å². The molecule has 0 radical (unpaired) electrons. The summed E-state index contributed by atoms with van der Waals surface area (Å²) in [5.74, 6) is -0.448. The predicted molar refractivity (Wildman–Crippen MR) is 93.6 cm³/mol. The number of halogens is 5. The number of nitrogens with zero attached hydrogens (tertiary/aromatic N) is 3. The molecule has 1 aliphatic heterocycles. The van der Waals surface area contributed by atoms with Crippen LogP contribution in [0, 0.1) is 0 Å². The van der Waals surface area contributed by atoms with Gasteiger partial charge >= 0.3 is 6.36 Å². The highest BCUT2D eigenvalue weighted by atomic mass is 35.5. The van der Waals surface area contributed by atoms with Gasteiger partial charge < -0.3 is 21.1 Å². The number of rotatable bonds is 2. The van der Waals surface area contributed by atoms with Crippen LogP contribution in [0.4, 0.5) is 18.9 Å². The number of guanidine groups is 2. The Bertz CT molecular complexity index is 692. The zero-order valence-electron chi connectivity index (χ0n) is 12.8. The summed E-state index contributed by atoms with van der Waals surface area (Å²) in [4.78, 5) is 9.74. The van der Waals surface area contributed by atoms with Crippen molar-refractivity contribution in [2.45, 2.75) is 12.8 Å². The number of aliphatic imine (C=N–C) groups is 2. The molecule has 1 aromatic rings. The van der Waals surface area contributed by atoms with E-state index in [0.717, 1.165) is 12.5 Å². The van der Waals surface area contributed by atoms with Crippen LogP contribution in [0.5, 0.6) is 5.75 Å². The van der Waals surface area contributed by atoms with Crippen LogP contribution in [-0.4, -0.2) is 36.3 Å². The molecule has 1 heterocycles. The first-order valence-electron chi connectivity index (χ1n) is 6.88. The lowest BCUT2D eigenvalue weighted by molar-refractivity contribution is -0.274. The maximum Gasteiger partial charge on any atom is 0.573 e. The molecule has 138 valence electrons. The summed E-state index contributed by atoms with van der Waals surface area (Å²) >= 11 is 5.73. The summed E-state index contributed by atoms with van der Waals surface area (Å²) in [6, 6.07) is 3.50. The molecule has 0 amide bonds. The lowest BCUT2D eigenvalue weighted by Gasteiger charge is -2.23. The van der Waals surface area contributed by atoms with Gasteiger partial charge in [-0.3, -0.25) is 0 Å². The molecule has 1 aliphatic rings. The van der Waals surface area contributed by atoms with Gasteiger partial charge in [-0.05, 0) is 24.6 Å². The van der Waals surface area contributed by atoms with Crippen LogP contribution in [0.25, 0.3) is 0 Å². The fourth-order valence-electron chi connectivity index (χ4n) is 1.96. The van der Waals surface area contributed by atoms with Crippen molar-refractivity contribution in [2.24, 2.45) is 21.5 Å². The average molecular weight is 398 g/mol. The Morgan fingerprint density at radius 2 is 1.96 bits per heavy atom. The molecule has 1 aromatic carbocycles. The molecule has 0 fully saturated rings. The van der Waals surface area contributed by atoms with Crippen molar-refractivity contribution in [3.63, 3.8) is 0 Å². The molecule has 0 atom stereocenters. The molecule has 0 unspecified atom stereocenters. The third-order valence-electron chi connectivity index (χ3n) is 3.00. The second kappa shape index (κ2) is 8.82. The monoisotopic (exact) mass is 397 g/mol. The Morgan fingerprint density at radius 3 is 2.52 bits per heavy atom. The molecular formula is C14H16Cl2F3N5O. The van der Waals surface area contributed by atoms with E-state index in [4.69, 9.17) is 23.1 Å². The van der Waals surface area contributed by atoms with Crippen LogP contribution < -0.4 is 16.2 Å². The van der Waals surface area contributed by atoms with Crippen molar-refractivity contribution >= 4 is 41.6 Å². The molecule has 2 rings (SSSR count). The van der Waals surface area contributed by atoms with Crippen molar-refractivity contribution in [3.8, 4) is 5.75 Å². The van der Waals surface area contributed by atoms with Gasteiger partial charge in [-0.15, -0.1) is 25.6 Å². The van der Waals surface area contributed by atoms with Gasteiger partial charge in [0.1, 0.15) is 5.75 Å². The molecule has 0 aliphatic carbocycles. The van der Waals surface area contributed by atoms with Crippen LogP contribution in [0.3, 0.4) is 0 Å². The molecule has 0 aromatic heterocycles. The molecule has 4 N–H and O–H groups in total. The third-order valence-corrected chi connectivity index (χ3v) is 3.29. The predicted octanol–water partition coefficient (Wildman–Crippen LogP) is 3.18. The van der Waals surface area contributed by atoms with E-state index in [1.807, 2.05) is 17.1 Å².